The molecule has 0 bridgehead atoms. The van der Waals surface area contributed by atoms with Crippen LogP contribution in [0.25, 0.3) is 0 Å². The highest BCUT2D eigenvalue weighted by atomic mass is 16.4. The zero-order chi connectivity index (χ0) is 14.6. The number of nitrogens with two attached hydrogens (primary N) is 1. The molecule has 6 nitrogen and oxygen atoms in total. The van der Waals surface area contributed by atoms with Crippen LogP contribution in [0.5, 0.6) is 0 Å². The number of hydrogen-bond donors (Lipinski definition) is 3. The lowest BCUT2D eigenvalue weighted by Crippen LogP contribution is -2.46. The molecule has 0 radical (unpaired) electrons. The summed E-state index contributed by atoms with van der Waals surface area (Å²) in [6.45, 7) is 0. The van der Waals surface area contributed by atoms with Crippen molar-refractivity contribution in [1.82, 2.24) is 4.98 Å². The Morgan fingerprint density at radius 2 is 1.90 bits per heavy atom. The number of amides is 1. The highest BCUT2D eigenvalue weighted by Crippen LogP contribution is 2.30. The Kier molecular flexibility index (Phi) is 4.22. The minimum absolute atomic E-state index is 0.316. The molecular formula is C14H19N3O3. The maximum atomic E-state index is 11.7. The fraction of sp³-hybridized carbons (Fsp3) is 0.500. The monoisotopic (exact) mass is 277 g/mol. The van der Waals surface area contributed by atoms with E-state index in [9.17, 15) is 14.7 Å². The van der Waals surface area contributed by atoms with Crippen LogP contribution in [0, 0.1) is 0 Å². The highest BCUT2D eigenvalue weighted by molar-refractivity contribution is 5.93. The predicted molar refractivity (Wildman–Crippen MR) is 74.4 cm³/mol. The number of carboxylic acids is 1. The molecule has 108 valence electrons. The molecular weight excluding hydrogens is 258 g/mol. The van der Waals surface area contributed by atoms with E-state index >= 15 is 0 Å². The molecule has 0 atom stereocenters. The molecule has 1 aliphatic rings. The van der Waals surface area contributed by atoms with Gasteiger partial charge < -0.3 is 16.2 Å². The van der Waals surface area contributed by atoms with Gasteiger partial charge in [-0.15, -0.1) is 0 Å². The summed E-state index contributed by atoms with van der Waals surface area (Å²) < 4.78 is 0. The van der Waals surface area contributed by atoms with Gasteiger partial charge in [-0.2, -0.15) is 0 Å². The fourth-order valence-electron chi connectivity index (χ4n) is 2.62. The molecule has 1 aliphatic carbocycles. The summed E-state index contributed by atoms with van der Waals surface area (Å²) in [4.78, 5) is 26.9. The van der Waals surface area contributed by atoms with E-state index in [1.807, 2.05) is 0 Å². The topological polar surface area (TPSA) is 105 Å². The molecule has 0 spiro atoms. The van der Waals surface area contributed by atoms with Crippen molar-refractivity contribution >= 4 is 17.7 Å². The van der Waals surface area contributed by atoms with Crippen LogP contribution in [-0.2, 0) is 4.79 Å². The van der Waals surface area contributed by atoms with Gasteiger partial charge >= 0.3 is 5.97 Å². The second-order valence-electron chi connectivity index (χ2n) is 5.22. The number of anilines is 1. The molecule has 0 aromatic carbocycles. The summed E-state index contributed by atoms with van der Waals surface area (Å²) >= 11 is 0. The van der Waals surface area contributed by atoms with Gasteiger partial charge in [0.25, 0.3) is 0 Å². The third-order valence-corrected chi connectivity index (χ3v) is 3.78. The first-order valence-corrected chi connectivity index (χ1v) is 6.81. The molecule has 2 rings (SSSR count). The molecule has 20 heavy (non-hydrogen) atoms. The van der Waals surface area contributed by atoms with Gasteiger partial charge in [0.05, 0.1) is 0 Å². The van der Waals surface area contributed by atoms with Crippen molar-refractivity contribution in [2.24, 2.45) is 5.73 Å². The minimum atomic E-state index is -1.00. The van der Waals surface area contributed by atoms with Gasteiger partial charge in [-0.05, 0) is 25.0 Å². The molecule has 0 saturated heterocycles. The van der Waals surface area contributed by atoms with Crippen LogP contribution in [0.1, 0.15) is 48.9 Å². The second kappa shape index (κ2) is 5.90. The van der Waals surface area contributed by atoms with E-state index in [1.54, 1.807) is 0 Å². The van der Waals surface area contributed by atoms with Gasteiger partial charge in [0.15, 0.2) is 0 Å². The van der Waals surface area contributed by atoms with Gasteiger partial charge in [-0.1, -0.05) is 25.7 Å². The van der Waals surface area contributed by atoms with Crippen LogP contribution < -0.4 is 11.1 Å². The first kappa shape index (κ1) is 14.3. The molecule has 0 aliphatic heterocycles. The highest BCUT2D eigenvalue weighted by Gasteiger charge is 2.38. The smallest absolute Gasteiger partial charge is 0.329 e. The van der Waals surface area contributed by atoms with Crippen molar-refractivity contribution < 1.29 is 14.7 Å². The third kappa shape index (κ3) is 3.07. The summed E-state index contributed by atoms with van der Waals surface area (Å²) in [5.74, 6) is -1.04. The summed E-state index contributed by atoms with van der Waals surface area (Å²) in [5, 5.41) is 12.6. The van der Waals surface area contributed by atoms with Crippen LogP contribution in [0.2, 0.25) is 0 Å². The van der Waals surface area contributed by atoms with Crippen molar-refractivity contribution in [2.45, 2.75) is 44.1 Å². The molecule has 4 N–H and O–H groups in total. The molecule has 1 saturated carbocycles. The van der Waals surface area contributed by atoms with E-state index in [0.29, 0.717) is 24.2 Å². The maximum absolute atomic E-state index is 11.7. The van der Waals surface area contributed by atoms with E-state index in [4.69, 9.17) is 5.73 Å². The van der Waals surface area contributed by atoms with Crippen LogP contribution in [0.3, 0.4) is 0 Å². The summed E-state index contributed by atoms with van der Waals surface area (Å²) in [7, 11) is 0. The van der Waals surface area contributed by atoms with Gasteiger partial charge in [0, 0.05) is 11.8 Å². The molecule has 1 aromatic heterocycles. The van der Waals surface area contributed by atoms with E-state index in [-0.39, 0.29) is 0 Å². The lowest BCUT2D eigenvalue weighted by molar-refractivity contribution is -0.142. The SMILES string of the molecule is NC(=O)c1ccnc(NC2(C(=O)O)CCCCCC2)c1. The Bertz CT molecular complexity index is 508. The van der Waals surface area contributed by atoms with Crippen LogP contribution in [0.4, 0.5) is 5.82 Å². The van der Waals surface area contributed by atoms with Gasteiger partial charge in [-0.25, -0.2) is 9.78 Å². The van der Waals surface area contributed by atoms with Crippen LogP contribution in [-0.4, -0.2) is 27.5 Å². The summed E-state index contributed by atoms with van der Waals surface area (Å²) in [5.41, 5.74) is 4.54. The first-order valence-electron chi connectivity index (χ1n) is 6.81. The number of primary amides is 1. The van der Waals surface area contributed by atoms with Crippen molar-refractivity contribution in [3.8, 4) is 0 Å². The van der Waals surface area contributed by atoms with E-state index in [2.05, 4.69) is 10.3 Å². The average molecular weight is 277 g/mol. The van der Waals surface area contributed by atoms with Crippen molar-refractivity contribution in [2.75, 3.05) is 5.32 Å². The van der Waals surface area contributed by atoms with Gasteiger partial charge in [-0.3, -0.25) is 4.79 Å². The van der Waals surface area contributed by atoms with E-state index in [0.717, 1.165) is 25.7 Å². The van der Waals surface area contributed by atoms with Crippen molar-refractivity contribution in [3.05, 3.63) is 23.9 Å². The zero-order valence-corrected chi connectivity index (χ0v) is 11.3. The number of carboxylic acid groups (broad SMARTS) is 1. The number of aromatic nitrogens is 1. The quantitative estimate of drug-likeness (QED) is 0.727. The average Bonchev–Trinajstić information content (AvgIpc) is 2.65. The maximum Gasteiger partial charge on any atom is 0.329 e. The number of nitrogens with zero attached hydrogens (tertiary/aromatic N) is 1. The van der Waals surface area contributed by atoms with Gasteiger partial charge in [0.1, 0.15) is 11.4 Å². The Labute approximate surface area is 117 Å². The Hall–Kier alpha value is -2.11. The number of pyridine rings is 1. The van der Waals surface area contributed by atoms with Crippen LogP contribution >= 0.6 is 0 Å². The molecule has 1 fully saturated rings. The predicted octanol–water partition coefficient (Wildman–Crippen LogP) is 1.77. The number of carbonyl (C=O) groups excluding carboxylic acids is 1. The lowest BCUT2D eigenvalue weighted by Gasteiger charge is -2.29. The van der Waals surface area contributed by atoms with Crippen molar-refractivity contribution in [1.29, 1.82) is 0 Å². The second-order valence-corrected chi connectivity index (χ2v) is 5.22. The number of rotatable bonds is 4. The minimum Gasteiger partial charge on any atom is -0.480 e. The number of hydrogen-bond acceptors (Lipinski definition) is 4. The standard InChI is InChI=1S/C14H19N3O3/c15-12(18)10-5-8-16-11(9-10)17-14(13(19)20)6-3-1-2-4-7-14/h5,8-9H,1-4,6-7H2,(H2,15,18)(H,16,17)(H,19,20). The Morgan fingerprint density at radius 1 is 1.25 bits per heavy atom. The fourth-order valence-corrected chi connectivity index (χ4v) is 2.62. The van der Waals surface area contributed by atoms with Crippen LogP contribution in [0.15, 0.2) is 18.3 Å². The first-order chi connectivity index (χ1) is 9.53. The number of aliphatic carboxylic acids is 1. The zero-order valence-electron chi connectivity index (χ0n) is 11.3. The molecule has 6 heteroatoms. The summed E-state index contributed by atoms with van der Waals surface area (Å²) in [6, 6.07) is 3.01. The van der Waals surface area contributed by atoms with Gasteiger partial charge in [0.2, 0.25) is 5.91 Å². The number of nitrogens with one attached hydrogen (secondary N) is 1. The Balaban J connectivity index is 2.25. The van der Waals surface area contributed by atoms with Crippen molar-refractivity contribution in [3.63, 3.8) is 0 Å². The number of carbonyl (C=O) groups is 2. The van der Waals surface area contributed by atoms with E-state index < -0.39 is 17.4 Å². The van der Waals surface area contributed by atoms with E-state index in [1.165, 1.54) is 18.3 Å². The lowest BCUT2D eigenvalue weighted by atomic mass is 9.90. The molecule has 1 heterocycles. The Morgan fingerprint density at radius 3 is 2.45 bits per heavy atom. The molecule has 1 aromatic rings. The third-order valence-electron chi connectivity index (χ3n) is 3.78. The molecule has 0 unspecified atom stereocenters. The normalized spacial score (nSPS) is 18.0. The largest absolute Gasteiger partial charge is 0.480 e. The molecule has 1 amide bonds. The summed E-state index contributed by atoms with van der Waals surface area (Å²) in [6.07, 6.45) is 6.41.